The van der Waals surface area contributed by atoms with Crippen LogP contribution in [-0.4, -0.2) is 10.1 Å². The second kappa shape index (κ2) is 4.69. The number of pyridine rings is 1. The second-order valence-corrected chi connectivity index (χ2v) is 4.98. The van der Waals surface area contributed by atoms with E-state index in [-0.39, 0.29) is 5.82 Å². The van der Waals surface area contributed by atoms with Crippen LogP contribution in [0.25, 0.3) is 10.8 Å². The monoisotopic (exact) mass is 267 g/mol. The lowest BCUT2D eigenvalue weighted by Crippen LogP contribution is -2.23. The molecule has 3 rings (SSSR count). The van der Waals surface area contributed by atoms with E-state index in [1.54, 1.807) is 31.5 Å². The highest BCUT2D eigenvalue weighted by Crippen LogP contribution is 2.33. The van der Waals surface area contributed by atoms with Crippen LogP contribution >= 0.6 is 0 Å². The molecule has 2 aromatic carbocycles. The van der Waals surface area contributed by atoms with E-state index in [0.29, 0.717) is 5.56 Å². The minimum absolute atomic E-state index is 0.316. The molecule has 0 aliphatic heterocycles. The molecule has 0 aliphatic rings. The molecule has 1 N–H and O–H groups in total. The number of aliphatic hydroxyl groups is 1. The highest BCUT2D eigenvalue weighted by atomic mass is 19.1. The topological polar surface area (TPSA) is 33.1 Å². The highest BCUT2D eigenvalue weighted by Gasteiger charge is 2.27. The summed E-state index contributed by atoms with van der Waals surface area (Å²) in [6.07, 6.45) is 3.46. The number of rotatable bonds is 2. The zero-order chi connectivity index (χ0) is 14.2. The van der Waals surface area contributed by atoms with Crippen molar-refractivity contribution in [1.82, 2.24) is 4.98 Å². The van der Waals surface area contributed by atoms with Crippen LogP contribution in [0.4, 0.5) is 4.39 Å². The fourth-order valence-electron chi connectivity index (χ4n) is 2.47. The Labute approximate surface area is 116 Å². The molecule has 0 saturated carbocycles. The van der Waals surface area contributed by atoms with Gasteiger partial charge in [0.05, 0.1) is 0 Å². The molecular formula is C17H14FNO. The van der Waals surface area contributed by atoms with Gasteiger partial charge < -0.3 is 5.11 Å². The summed E-state index contributed by atoms with van der Waals surface area (Å²) < 4.78 is 13.0. The summed E-state index contributed by atoms with van der Waals surface area (Å²) in [6.45, 7) is 1.71. The van der Waals surface area contributed by atoms with Gasteiger partial charge in [-0.25, -0.2) is 4.39 Å². The van der Waals surface area contributed by atoms with Crippen LogP contribution in [0.15, 0.2) is 60.9 Å². The van der Waals surface area contributed by atoms with Crippen molar-refractivity contribution >= 4 is 10.8 Å². The van der Waals surface area contributed by atoms with Crippen molar-refractivity contribution in [2.75, 3.05) is 0 Å². The van der Waals surface area contributed by atoms with E-state index in [4.69, 9.17) is 0 Å². The molecule has 0 fully saturated rings. The predicted octanol–water partition coefficient (Wildman–Crippen LogP) is 3.63. The van der Waals surface area contributed by atoms with E-state index in [1.807, 2.05) is 24.3 Å². The van der Waals surface area contributed by atoms with Crippen LogP contribution in [0.3, 0.4) is 0 Å². The highest BCUT2D eigenvalue weighted by molar-refractivity contribution is 5.86. The first kappa shape index (κ1) is 12.8. The number of halogens is 1. The molecule has 0 aliphatic carbocycles. The average Bonchev–Trinajstić information content (AvgIpc) is 2.47. The van der Waals surface area contributed by atoms with Gasteiger partial charge in [-0.1, -0.05) is 30.3 Å². The normalized spacial score (nSPS) is 14.2. The fourth-order valence-corrected chi connectivity index (χ4v) is 2.47. The summed E-state index contributed by atoms with van der Waals surface area (Å²) in [6, 6.07) is 13.6. The van der Waals surface area contributed by atoms with Gasteiger partial charge in [0.1, 0.15) is 11.4 Å². The number of aromatic nitrogens is 1. The van der Waals surface area contributed by atoms with E-state index in [2.05, 4.69) is 4.98 Å². The molecule has 0 radical (unpaired) electrons. The van der Waals surface area contributed by atoms with Gasteiger partial charge in [0.2, 0.25) is 0 Å². The van der Waals surface area contributed by atoms with Crippen molar-refractivity contribution in [2.45, 2.75) is 12.5 Å². The molecule has 1 heterocycles. The molecule has 0 saturated heterocycles. The summed E-state index contributed by atoms with van der Waals surface area (Å²) in [5.41, 5.74) is 0.209. The van der Waals surface area contributed by atoms with Gasteiger partial charge in [-0.15, -0.1) is 0 Å². The predicted molar refractivity (Wildman–Crippen MR) is 76.8 cm³/mol. The Morgan fingerprint density at radius 3 is 2.55 bits per heavy atom. The van der Waals surface area contributed by atoms with Gasteiger partial charge in [-0.3, -0.25) is 4.98 Å². The molecule has 1 aromatic heterocycles. The lowest BCUT2D eigenvalue weighted by atomic mass is 9.86. The molecule has 0 bridgehead atoms. The Kier molecular flexibility index (Phi) is 2.99. The smallest absolute Gasteiger partial charge is 0.123 e. The quantitative estimate of drug-likeness (QED) is 0.769. The SMILES string of the molecule is CC(O)(c1ccc(F)cc1)c1cccc2ccncc12. The van der Waals surface area contributed by atoms with Crippen LogP contribution in [0.5, 0.6) is 0 Å². The first-order valence-corrected chi connectivity index (χ1v) is 6.41. The standard InChI is InChI=1S/C17H14FNO/c1-17(20,13-5-7-14(18)8-6-13)16-4-2-3-12-9-10-19-11-15(12)16/h2-11,20H,1H3. The van der Waals surface area contributed by atoms with Crippen LogP contribution in [-0.2, 0) is 5.60 Å². The van der Waals surface area contributed by atoms with Crippen molar-refractivity contribution in [3.63, 3.8) is 0 Å². The zero-order valence-corrected chi connectivity index (χ0v) is 11.0. The van der Waals surface area contributed by atoms with Crippen molar-refractivity contribution < 1.29 is 9.50 Å². The maximum absolute atomic E-state index is 13.0. The lowest BCUT2D eigenvalue weighted by molar-refractivity contribution is 0.104. The van der Waals surface area contributed by atoms with Gasteiger partial charge in [0, 0.05) is 17.8 Å². The summed E-state index contributed by atoms with van der Waals surface area (Å²) in [7, 11) is 0. The third-order valence-electron chi connectivity index (χ3n) is 3.61. The average molecular weight is 267 g/mol. The van der Waals surface area contributed by atoms with E-state index < -0.39 is 5.60 Å². The van der Waals surface area contributed by atoms with Crippen molar-refractivity contribution in [3.05, 3.63) is 77.9 Å². The molecule has 0 amide bonds. The summed E-state index contributed by atoms with van der Waals surface area (Å²) in [5, 5.41) is 12.8. The van der Waals surface area contributed by atoms with Crippen molar-refractivity contribution in [2.24, 2.45) is 0 Å². The summed E-state index contributed by atoms with van der Waals surface area (Å²) in [5.74, 6) is -0.316. The molecule has 3 aromatic rings. The Balaban J connectivity index is 2.20. The Hall–Kier alpha value is -2.26. The molecule has 2 nitrogen and oxygen atoms in total. The fraction of sp³-hybridized carbons (Fsp3) is 0.118. The number of nitrogens with zero attached hydrogens (tertiary/aromatic N) is 1. The van der Waals surface area contributed by atoms with E-state index >= 15 is 0 Å². The Morgan fingerprint density at radius 2 is 1.80 bits per heavy atom. The van der Waals surface area contributed by atoms with Crippen LogP contribution < -0.4 is 0 Å². The first-order valence-electron chi connectivity index (χ1n) is 6.41. The minimum atomic E-state index is -1.20. The molecule has 3 heteroatoms. The van der Waals surface area contributed by atoms with Crippen molar-refractivity contribution in [1.29, 1.82) is 0 Å². The van der Waals surface area contributed by atoms with E-state index in [9.17, 15) is 9.50 Å². The second-order valence-electron chi connectivity index (χ2n) is 4.98. The Bertz CT molecular complexity index is 745. The van der Waals surface area contributed by atoms with Crippen LogP contribution in [0.1, 0.15) is 18.1 Å². The number of hydrogen-bond acceptors (Lipinski definition) is 2. The molecule has 1 atom stereocenters. The van der Waals surface area contributed by atoms with E-state index in [1.165, 1.54) is 12.1 Å². The minimum Gasteiger partial charge on any atom is -0.381 e. The molecule has 100 valence electrons. The maximum Gasteiger partial charge on any atom is 0.123 e. The first-order chi connectivity index (χ1) is 9.59. The van der Waals surface area contributed by atoms with Gasteiger partial charge in [0.15, 0.2) is 0 Å². The van der Waals surface area contributed by atoms with Crippen LogP contribution in [0, 0.1) is 5.82 Å². The van der Waals surface area contributed by atoms with Gasteiger partial charge in [0.25, 0.3) is 0 Å². The van der Waals surface area contributed by atoms with Gasteiger partial charge in [-0.2, -0.15) is 0 Å². The summed E-state index contributed by atoms with van der Waals surface area (Å²) in [4.78, 5) is 4.12. The van der Waals surface area contributed by atoms with Crippen LogP contribution in [0.2, 0.25) is 0 Å². The van der Waals surface area contributed by atoms with E-state index in [0.717, 1.165) is 16.3 Å². The molecule has 1 unspecified atom stereocenters. The van der Waals surface area contributed by atoms with Gasteiger partial charge in [-0.05, 0) is 41.6 Å². The van der Waals surface area contributed by atoms with Gasteiger partial charge >= 0.3 is 0 Å². The number of hydrogen-bond donors (Lipinski definition) is 1. The molecular weight excluding hydrogens is 253 g/mol. The Morgan fingerprint density at radius 1 is 1.05 bits per heavy atom. The third kappa shape index (κ3) is 2.06. The number of fused-ring (bicyclic) bond motifs is 1. The summed E-state index contributed by atoms with van der Waals surface area (Å²) >= 11 is 0. The molecule has 0 spiro atoms. The maximum atomic E-state index is 13.0. The third-order valence-corrected chi connectivity index (χ3v) is 3.61. The lowest BCUT2D eigenvalue weighted by Gasteiger charge is -2.26. The number of benzene rings is 2. The zero-order valence-electron chi connectivity index (χ0n) is 11.0. The van der Waals surface area contributed by atoms with Crippen molar-refractivity contribution in [3.8, 4) is 0 Å². The largest absolute Gasteiger partial charge is 0.381 e. The molecule has 20 heavy (non-hydrogen) atoms.